The molecule has 2 aromatic carbocycles. The molecule has 0 N–H and O–H groups in total. The Hall–Kier alpha value is -1.04. The van der Waals surface area contributed by atoms with Crippen molar-refractivity contribution in [3.63, 3.8) is 0 Å². The molecule has 0 spiro atoms. The van der Waals surface area contributed by atoms with Crippen molar-refractivity contribution in [1.82, 2.24) is 0 Å². The second kappa shape index (κ2) is 7.52. The monoisotopic (exact) mass is 380 g/mol. The average molecular weight is 378 g/mol. The molecule has 0 fully saturated rings. The molecule has 0 unspecified atom stereocenters. The molecule has 0 aromatic heterocycles. The summed E-state index contributed by atoms with van der Waals surface area (Å²) in [5.74, 6) is 0. The number of hydrogen-bond acceptors (Lipinski definition) is 0. The van der Waals surface area contributed by atoms with Crippen molar-refractivity contribution in [1.29, 1.82) is 0 Å². The van der Waals surface area contributed by atoms with E-state index in [1.807, 2.05) is 0 Å². The second-order valence-electron chi connectivity index (χ2n) is 4.11. The molecule has 2 aromatic rings. The summed E-state index contributed by atoms with van der Waals surface area (Å²) >= 11 is 0.760. The number of benzene rings is 2. The van der Waals surface area contributed by atoms with Gasteiger partial charge in [0.05, 0.1) is 0 Å². The topological polar surface area (TPSA) is 0 Å². The number of rotatable bonds is 5. The third kappa shape index (κ3) is 4.85. The van der Waals surface area contributed by atoms with Gasteiger partial charge in [-0.25, -0.2) is 0 Å². The molecule has 2 rings (SSSR count). The van der Waals surface area contributed by atoms with Crippen LogP contribution < -0.4 is 8.92 Å². The van der Waals surface area contributed by atoms with E-state index >= 15 is 0 Å². The molecule has 0 aliphatic carbocycles. The van der Waals surface area contributed by atoms with Crippen LogP contribution in [-0.2, 0) is 0 Å². The molecule has 0 saturated heterocycles. The first-order valence-electron chi connectivity index (χ1n) is 6.06. The number of allylic oxidation sites excluding steroid dienone is 2. The van der Waals surface area contributed by atoms with Crippen molar-refractivity contribution in [3.05, 3.63) is 82.3 Å². The molecule has 0 aliphatic heterocycles. The standard InChI is InChI=1S/C17H16Se2/c1-14(2)17(19-16-11-7-4-8-12-16)13-18-15-9-5-3-6-10-15/h3-13H,1H2,2H3/b17-13-. The van der Waals surface area contributed by atoms with Gasteiger partial charge in [0.15, 0.2) is 0 Å². The van der Waals surface area contributed by atoms with E-state index in [1.54, 1.807) is 0 Å². The van der Waals surface area contributed by atoms with Crippen LogP contribution in [0.1, 0.15) is 6.92 Å². The van der Waals surface area contributed by atoms with Crippen molar-refractivity contribution in [2.75, 3.05) is 0 Å². The molecule has 0 saturated carbocycles. The fourth-order valence-electron chi connectivity index (χ4n) is 1.45. The molecule has 0 heterocycles. The van der Waals surface area contributed by atoms with Crippen LogP contribution in [0.25, 0.3) is 0 Å². The Balaban J connectivity index is 2.10. The zero-order valence-electron chi connectivity index (χ0n) is 10.9. The SMILES string of the molecule is C=C(C)/C(=C/[Se]c1ccccc1)[Se]c1ccccc1. The Bertz CT molecular complexity index is 556. The number of hydrogen-bond donors (Lipinski definition) is 0. The fraction of sp³-hybridized carbons (Fsp3) is 0.0588. The third-order valence-electron chi connectivity index (χ3n) is 2.44. The van der Waals surface area contributed by atoms with E-state index in [1.165, 1.54) is 19.0 Å². The van der Waals surface area contributed by atoms with Crippen LogP contribution in [0, 0.1) is 0 Å². The first-order valence-corrected chi connectivity index (χ1v) is 9.62. The summed E-state index contributed by atoms with van der Waals surface area (Å²) in [7, 11) is 0. The van der Waals surface area contributed by atoms with Crippen LogP contribution in [0.5, 0.6) is 0 Å². The van der Waals surface area contributed by atoms with E-state index in [0.29, 0.717) is 29.9 Å². The van der Waals surface area contributed by atoms with Crippen LogP contribution in [-0.4, -0.2) is 29.9 Å². The van der Waals surface area contributed by atoms with E-state index in [-0.39, 0.29) is 0 Å². The van der Waals surface area contributed by atoms with Crippen molar-refractivity contribution >= 4 is 38.8 Å². The van der Waals surface area contributed by atoms with Crippen LogP contribution >= 0.6 is 0 Å². The summed E-state index contributed by atoms with van der Waals surface area (Å²) in [6.45, 7) is 6.23. The fourth-order valence-corrected chi connectivity index (χ4v) is 5.70. The Morgan fingerprint density at radius 2 is 1.42 bits per heavy atom. The Kier molecular flexibility index (Phi) is 5.69. The molecule has 0 atom stereocenters. The minimum atomic E-state index is 0.365. The van der Waals surface area contributed by atoms with Crippen LogP contribution in [0.4, 0.5) is 0 Å². The first kappa shape index (κ1) is 14.4. The van der Waals surface area contributed by atoms with Gasteiger partial charge in [0.1, 0.15) is 0 Å². The van der Waals surface area contributed by atoms with Crippen molar-refractivity contribution in [3.8, 4) is 0 Å². The van der Waals surface area contributed by atoms with E-state index in [9.17, 15) is 0 Å². The maximum absolute atomic E-state index is 4.12. The van der Waals surface area contributed by atoms with Gasteiger partial charge in [0.2, 0.25) is 0 Å². The van der Waals surface area contributed by atoms with Gasteiger partial charge in [-0.15, -0.1) is 0 Å². The van der Waals surface area contributed by atoms with E-state index < -0.39 is 0 Å². The van der Waals surface area contributed by atoms with Crippen molar-refractivity contribution in [2.45, 2.75) is 6.92 Å². The summed E-state index contributed by atoms with van der Waals surface area (Å²) < 4.78 is 4.24. The summed E-state index contributed by atoms with van der Waals surface area (Å²) in [6, 6.07) is 21.4. The van der Waals surface area contributed by atoms with Crippen molar-refractivity contribution in [2.24, 2.45) is 0 Å². The molecule has 96 valence electrons. The molecule has 0 bridgehead atoms. The predicted octanol–water partition coefficient (Wildman–Crippen LogP) is 2.46. The summed E-state index contributed by atoms with van der Waals surface area (Å²) in [4.78, 5) is 2.39. The molecule has 0 aliphatic rings. The predicted molar refractivity (Wildman–Crippen MR) is 86.6 cm³/mol. The van der Waals surface area contributed by atoms with E-state index in [0.717, 1.165) is 0 Å². The van der Waals surface area contributed by atoms with Gasteiger partial charge in [-0.05, 0) is 0 Å². The Labute approximate surface area is 127 Å². The summed E-state index contributed by atoms with van der Waals surface area (Å²) in [5.41, 5.74) is 1.20. The zero-order valence-corrected chi connectivity index (χ0v) is 14.3. The van der Waals surface area contributed by atoms with E-state index in [4.69, 9.17) is 0 Å². The van der Waals surface area contributed by atoms with Crippen molar-refractivity contribution < 1.29 is 0 Å². The third-order valence-corrected chi connectivity index (χ3v) is 7.58. The average Bonchev–Trinajstić information content (AvgIpc) is 2.45. The molecule has 0 radical (unpaired) electrons. The van der Waals surface area contributed by atoms with Gasteiger partial charge >= 0.3 is 128 Å². The van der Waals surface area contributed by atoms with Gasteiger partial charge in [0, 0.05) is 0 Å². The minimum absolute atomic E-state index is 0.365. The molecule has 19 heavy (non-hydrogen) atoms. The summed E-state index contributed by atoms with van der Waals surface area (Å²) in [6.07, 6.45) is 0. The molecule has 0 nitrogen and oxygen atoms in total. The van der Waals surface area contributed by atoms with E-state index in [2.05, 4.69) is 79.1 Å². The molecule has 0 amide bonds. The quantitative estimate of drug-likeness (QED) is 0.554. The normalized spacial score (nSPS) is 11.3. The van der Waals surface area contributed by atoms with Gasteiger partial charge in [0.25, 0.3) is 0 Å². The van der Waals surface area contributed by atoms with Crippen LogP contribution in [0.15, 0.2) is 82.3 Å². The second-order valence-corrected chi connectivity index (χ2v) is 8.43. The summed E-state index contributed by atoms with van der Waals surface area (Å²) in [5, 5.41) is 0. The van der Waals surface area contributed by atoms with Gasteiger partial charge in [-0.1, -0.05) is 0 Å². The van der Waals surface area contributed by atoms with Crippen LogP contribution in [0.2, 0.25) is 0 Å². The van der Waals surface area contributed by atoms with Crippen LogP contribution in [0.3, 0.4) is 0 Å². The Morgan fingerprint density at radius 1 is 0.895 bits per heavy atom. The first-order chi connectivity index (χ1) is 9.25. The zero-order chi connectivity index (χ0) is 13.5. The molecular formula is C17H16Se2. The molecule has 2 heteroatoms. The molecular weight excluding hydrogens is 362 g/mol. The Morgan fingerprint density at radius 3 is 1.95 bits per heavy atom. The maximum atomic E-state index is 4.12. The van der Waals surface area contributed by atoms with Gasteiger partial charge in [-0.2, -0.15) is 0 Å². The van der Waals surface area contributed by atoms with Gasteiger partial charge in [-0.3, -0.25) is 0 Å². The van der Waals surface area contributed by atoms with Gasteiger partial charge < -0.3 is 0 Å².